The molecule has 4 nitrogen and oxygen atoms in total. The lowest BCUT2D eigenvalue weighted by atomic mass is 10.1. The Morgan fingerprint density at radius 2 is 1.97 bits per heavy atom. The lowest BCUT2D eigenvalue weighted by Crippen LogP contribution is -2.39. The van der Waals surface area contributed by atoms with Gasteiger partial charge in [-0.25, -0.2) is 4.79 Å². The molecule has 0 N–H and O–H groups in total. The Bertz CT molecular complexity index is 684. The first-order valence-electron chi connectivity index (χ1n) is 11.5. The molecule has 1 saturated heterocycles. The fourth-order valence-corrected chi connectivity index (χ4v) is 3.62. The Hall–Kier alpha value is -1.99. The molecule has 0 bridgehead atoms. The Morgan fingerprint density at radius 3 is 2.67 bits per heavy atom. The number of rotatable bonds is 9. The second kappa shape index (κ2) is 12.6. The molecule has 0 spiro atoms. The summed E-state index contributed by atoms with van der Waals surface area (Å²) in [5, 5.41) is 0. The number of ether oxygens (including phenoxy) is 2. The number of benzene rings is 1. The maximum Gasteiger partial charge on any atom is 0.410 e. The van der Waals surface area contributed by atoms with E-state index >= 15 is 0 Å². The average Bonchev–Trinajstić information content (AvgIpc) is 3.17. The predicted molar refractivity (Wildman–Crippen MR) is 122 cm³/mol. The zero-order valence-corrected chi connectivity index (χ0v) is 19.3. The maximum absolute atomic E-state index is 12.5. The van der Waals surface area contributed by atoms with Crippen molar-refractivity contribution in [3.05, 3.63) is 35.9 Å². The van der Waals surface area contributed by atoms with Crippen molar-refractivity contribution >= 4 is 6.09 Å². The van der Waals surface area contributed by atoms with Crippen LogP contribution in [0.2, 0.25) is 0 Å². The summed E-state index contributed by atoms with van der Waals surface area (Å²) in [6, 6.07) is 10.4. The quantitative estimate of drug-likeness (QED) is 0.350. The van der Waals surface area contributed by atoms with E-state index in [0.29, 0.717) is 13.0 Å². The van der Waals surface area contributed by atoms with Gasteiger partial charge in [-0.2, -0.15) is 0 Å². The van der Waals surface area contributed by atoms with E-state index in [2.05, 4.69) is 30.9 Å². The van der Waals surface area contributed by atoms with Gasteiger partial charge in [-0.1, -0.05) is 68.4 Å². The zero-order chi connectivity index (χ0) is 21.8. The number of unbranched alkanes of at least 4 members (excludes halogenated alkanes) is 3. The fourth-order valence-electron chi connectivity index (χ4n) is 3.62. The number of hydrogen-bond donors (Lipinski definition) is 0. The highest BCUT2D eigenvalue weighted by Crippen LogP contribution is 2.23. The van der Waals surface area contributed by atoms with Gasteiger partial charge in [0.25, 0.3) is 0 Å². The van der Waals surface area contributed by atoms with Crippen molar-refractivity contribution < 1.29 is 14.3 Å². The third-order valence-corrected chi connectivity index (χ3v) is 5.22. The van der Waals surface area contributed by atoms with E-state index in [-0.39, 0.29) is 18.2 Å². The number of carbonyl (C=O) groups is 1. The molecular weight excluding hydrogens is 374 g/mol. The summed E-state index contributed by atoms with van der Waals surface area (Å²) in [5.41, 5.74) is 0.704. The van der Waals surface area contributed by atoms with Crippen LogP contribution in [0.4, 0.5) is 4.79 Å². The Balaban J connectivity index is 1.91. The molecule has 1 aliphatic heterocycles. The highest BCUT2D eigenvalue weighted by molar-refractivity contribution is 5.69. The molecule has 1 aromatic rings. The normalized spacial score (nSPS) is 17.3. The molecule has 0 radical (unpaired) electrons. The lowest BCUT2D eigenvalue weighted by Gasteiger charge is -2.27. The van der Waals surface area contributed by atoms with Crippen LogP contribution in [-0.4, -0.2) is 35.3 Å². The minimum absolute atomic E-state index is 0.0570. The second-order valence-corrected chi connectivity index (χ2v) is 9.13. The fraction of sp³-hybridized carbons (Fsp3) is 0.654. The smallest absolute Gasteiger partial charge is 0.410 e. The maximum atomic E-state index is 12.5. The van der Waals surface area contributed by atoms with Crippen LogP contribution >= 0.6 is 0 Å². The van der Waals surface area contributed by atoms with Crippen LogP contribution < -0.4 is 0 Å². The van der Waals surface area contributed by atoms with E-state index in [9.17, 15) is 4.79 Å². The molecule has 0 aliphatic carbocycles. The van der Waals surface area contributed by atoms with Gasteiger partial charge in [0, 0.05) is 19.0 Å². The minimum atomic E-state index is -0.467. The van der Waals surface area contributed by atoms with Gasteiger partial charge in [-0.05, 0) is 52.0 Å². The van der Waals surface area contributed by atoms with Crippen LogP contribution in [0, 0.1) is 11.8 Å². The van der Waals surface area contributed by atoms with E-state index in [1.54, 1.807) is 0 Å². The average molecular weight is 414 g/mol. The van der Waals surface area contributed by atoms with E-state index in [1.807, 2.05) is 43.9 Å². The lowest BCUT2D eigenvalue weighted by molar-refractivity contribution is 0.0230. The first-order chi connectivity index (χ1) is 14.4. The molecule has 2 rings (SSSR count). The van der Waals surface area contributed by atoms with Gasteiger partial charge >= 0.3 is 6.09 Å². The molecule has 1 heterocycles. The Labute approximate surface area is 183 Å². The van der Waals surface area contributed by atoms with Gasteiger partial charge in [-0.3, -0.25) is 0 Å². The number of carbonyl (C=O) groups excluding carboxylic acids is 1. The van der Waals surface area contributed by atoms with Crippen LogP contribution in [0.1, 0.15) is 84.6 Å². The third kappa shape index (κ3) is 9.22. The largest absolute Gasteiger partial charge is 0.444 e. The summed E-state index contributed by atoms with van der Waals surface area (Å²) in [5.74, 6) is 6.68. The summed E-state index contributed by atoms with van der Waals surface area (Å²) < 4.78 is 11.7. The van der Waals surface area contributed by atoms with E-state index in [4.69, 9.17) is 9.47 Å². The molecule has 4 heteroatoms. The number of amides is 1. The first kappa shape index (κ1) is 24.3. The molecule has 1 amide bonds. The van der Waals surface area contributed by atoms with Gasteiger partial charge in [0.2, 0.25) is 0 Å². The summed E-state index contributed by atoms with van der Waals surface area (Å²) in [7, 11) is 0. The molecule has 30 heavy (non-hydrogen) atoms. The van der Waals surface area contributed by atoms with Crippen LogP contribution in [0.15, 0.2) is 30.3 Å². The van der Waals surface area contributed by atoms with Crippen LogP contribution in [0.25, 0.3) is 0 Å². The highest BCUT2D eigenvalue weighted by Gasteiger charge is 2.31. The van der Waals surface area contributed by atoms with Gasteiger partial charge in [0.15, 0.2) is 0 Å². The first-order valence-corrected chi connectivity index (χ1v) is 11.5. The van der Waals surface area contributed by atoms with Crippen LogP contribution in [-0.2, 0) is 16.1 Å². The summed E-state index contributed by atoms with van der Waals surface area (Å²) in [6.45, 7) is 9.28. The molecule has 2 unspecified atom stereocenters. The molecule has 2 atom stereocenters. The molecule has 166 valence electrons. The highest BCUT2D eigenvalue weighted by atomic mass is 16.6. The van der Waals surface area contributed by atoms with Gasteiger partial charge in [-0.15, -0.1) is 0 Å². The van der Waals surface area contributed by atoms with Crippen LogP contribution in [0.5, 0.6) is 0 Å². The molecule has 0 aromatic heterocycles. The summed E-state index contributed by atoms with van der Waals surface area (Å²) >= 11 is 0. The van der Waals surface area contributed by atoms with Crippen molar-refractivity contribution in [1.82, 2.24) is 4.90 Å². The third-order valence-electron chi connectivity index (χ3n) is 5.22. The van der Waals surface area contributed by atoms with Crippen molar-refractivity contribution in [1.29, 1.82) is 0 Å². The predicted octanol–water partition coefficient (Wildman–Crippen LogP) is 6.34. The van der Waals surface area contributed by atoms with E-state index < -0.39 is 5.60 Å². The molecule has 1 aliphatic rings. The minimum Gasteiger partial charge on any atom is -0.444 e. The monoisotopic (exact) mass is 413 g/mol. The zero-order valence-electron chi connectivity index (χ0n) is 19.3. The standard InChI is InChI=1S/C26H39NO3/c1-5-6-7-11-18-24(29-21-22-14-9-8-10-15-22)19-12-16-23-17-13-20-27(23)25(28)30-26(2,3)4/h8-10,14-15,23-24H,5-7,11,13,16-18,20-21H2,1-4H3. The molecule has 1 aromatic carbocycles. The Kier molecular flexibility index (Phi) is 10.2. The van der Waals surface area contributed by atoms with Crippen molar-refractivity contribution in [3.8, 4) is 11.8 Å². The van der Waals surface area contributed by atoms with Crippen molar-refractivity contribution in [2.24, 2.45) is 0 Å². The summed E-state index contributed by atoms with van der Waals surface area (Å²) in [6.07, 6.45) is 8.20. The summed E-state index contributed by atoms with van der Waals surface area (Å²) in [4.78, 5) is 14.3. The van der Waals surface area contributed by atoms with Gasteiger partial charge < -0.3 is 14.4 Å². The van der Waals surface area contributed by atoms with Gasteiger partial charge in [0.1, 0.15) is 11.7 Å². The topological polar surface area (TPSA) is 38.8 Å². The van der Waals surface area contributed by atoms with Gasteiger partial charge in [0.05, 0.1) is 6.61 Å². The van der Waals surface area contributed by atoms with Crippen molar-refractivity contribution in [2.45, 2.75) is 103 Å². The number of nitrogens with zero attached hydrogens (tertiary/aromatic N) is 1. The molecule has 0 saturated carbocycles. The number of likely N-dealkylation sites (tertiary alicyclic amines) is 1. The van der Waals surface area contributed by atoms with Crippen molar-refractivity contribution in [2.75, 3.05) is 6.54 Å². The van der Waals surface area contributed by atoms with E-state index in [1.165, 1.54) is 24.8 Å². The SMILES string of the molecule is CCCCCCC(C#CCC1CCCN1C(=O)OC(C)(C)C)OCc1ccccc1. The van der Waals surface area contributed by atoms with E-state index in [0.717, 1.165) is 32.2 Å². The molecular formula is C26H39NO3. The van der Waals surface area contributed by atoms with Crippen molar-refractivity contribution in [3.63, 3.8) is 0 Å². The second-order valence-electron chi connectivity index (χ2n) is 9.13. The number of hydrogen-bond acceptors (Lipinski definition) is 3. The molecule has 1 fully saturated rings. The Morgan fingerprint density at radius 1 is 1.20 bits per heavy atom. The van der Waals surface area contributed by atoms with Crippen LogP contribution in [0.3, 0.4) is 0 Å².